The van der Waals surface area contributed by atoms with E-state index in [2.05, 4.69) is 33.1 Å². The van der Waals surface area contributed by atoms with Crippen molar-refractivity contribution in [1.82, 2.24) is 24.8 Å². The van der Waals surface area contributed by atoms with Gasteiger partial charge in [0.1, 0.15) is 40.7 Å². The summed E-state index contributed by atoms with van der Waals surface area (Å²) < 4.78 is 68.0. The van der Waals surface area contributed by atoms with Crippen molar-refractivity contribution >= 4 is 38.3 Å². The first-order valence-electron chi connectivity index (χ1n) is 16.2. The number of amides is 1. The second-order valence-corrected chi connectivity index (χ2v) is 13.9. The number of likely N-dealkylation sites (tertiary alicyclic amines) is 1. The first-order valence-corrected chi connectivity index (χ1v) is 17.7. The molecule has 1 amide bonds. The van der Waals surface area contributed by atoms with Gasteiger partial charge < -0.3 is 29.0 Å². The van der Waals surface area contributed by atoms with Crippen LogP contribution < -0.4 is 19.1 Å². The lowest BCUT2D eigenvalue weighted by molar-refractivity contribution is -0.128. The quantitative estimate of drug-likeness (QED) is 0.176. The maximum absolute atomic E-state index is 14.5. The topological polar surface area (TPSA) is 134 Å². The number of likely N-dealkylation sites (N-methyl/N-ethyl adjacent to an activating group) is 1. The van der Waals surface area contributed by atoms with Crippen molar-refractivity contribution in [2.45, 2.75) is 29.8 Å². The molecule has 4 heterocycles. The van der Waals surface area contributed by atoms with Crippen LogP contribution in [0.3, 0.4) is 0 Å². The van der Waals surface area contributed by atoms with Gasteiger partial charge in [0.15, 0.2) is 0 Å². The number of aromatic nitrogens is 3. The molecule has 2 fully saturated rings. The van der Waals surface area contributed by atoms with Crippen LogP contribution in [0.4, 0.5) is 20.3 Å². The zero-order valence-electron chi connectivity index (χ0n) is 28.1. The number of methoxy groups -OCH3 is 1. The molecule has 51 heavy (non-hydrogen) atoms. The van der Waals surface area contributed by atoms with Gasteiger partial charge in [-0.1, -0.05) is 12.6 Å². The fourth-order valence-corrected chi connectivity index (χ4v) is 7.50. The van der Waals surface area contributed by atoms with Crippen LogP contribution in [0, 0.1) is 18.2 Å². The number of fused-ring (bicyclic) bond motifs is 1. The van der Waals surface area contributed by atoms with Crippen LogP contribution in [0.2, 0.25) is 0 Å². The Morgan fingerprint density at radius 2 is 1.94 bits per heavy atom. The summed E-state index contributed by atoms with van der Waals surface area (Å²) >= 11 is 0. The molecule has 266 valence electrons. The van der Waals surface area contributed by atoms with E-state index in [-0.39, 0.29) is 36.1 Å². The molecule has 2 saturated heterocycles. The van der Waals surface area contributed by atoms with Crippen LogP contribution in [0.1, 0.15) is 12.8 Å². The second kappa shape index (κ2) is 14.8. The van der Waals surface area contributed by atoms with Gasteiger partial charge in [0.05, 0.1) is 12.6 Å². The van der Waals surface area contributed by atoms with Crippen molar-refractivity contribution in [3.05, 3.63) is 84.4 Å². The Hall–Kier alpha value is -5.40. The molecule has 0 saturated carbocycles. The molecule has 16 heteroatoms. The zero-order chi connectivity index (χ0) is 36.3. The van der Waals surface area contributed by atoms with Crippen molar-refractivity contribution in [3.63, 3.8) is 0 Å². The third-order valence-corrected chi connectivity index (χ3v) is 10.5. The standard InChI is InChI=1S/C35H36F2N8O5S/c1-5-32(46)45-14-13-44(20-26(45)19-38-2)33-27-15-22(8-10-29(27)40-35(41-33)50-21-25-7-6-12-43(25)3)23-16-30(34(49-4)39-18-23)42-51(47,48)31-11-9-24(36)17-28(31)37/h5,8-11,15-18,25-26,42H,1,6-7,12-14,19-21H2,3-4H3/t25-,26-/m0/s1. The molecular formula is C35H36F2N8O5S. The lowest BCUT2D eigenvalue weighted by atomic mass is 10.0. The molecule has 4 aromatic rings. The largest absolute Gasteiger partial charge is 0.480 e. The number of rotatable bonds is 11. The fourth-order valence-electron chi connectivity index (χ4n) is 6.39. The number of hydrogen-bond donors (Lipinski definition) is 1. The summed E-state index contributed by atoms with van der Waals surface area (Å²) in [5.41, 5.74) is 1.62. The van der Waals surface area contributed by atoms with Gasteiger partial charge in [-0.05, 0) is 68.4 Å². The van der Waals surface area contributed by atoms with Crippen molar-refractivity contribution in [2.24, 2.45) is 0 Å². The van der Waals surface area contributed by atoms with E-state index < -0.39 is 32.6 Å². The number of nitrogens with one attached hydrogen (secondary N) is 1. The van der Waals surface area contributed by atoms with Gasteiger partial charge in [-0.3, -0.25) is 9.52 Å². The van der Waals surface area contributed by atoms with E-state index >= 15 is 0 Å². The minimum Gasteiger partial charge on any atom is -0.480 e. The number of carbonyl (C=O) groups excluding carboxylic acids is 1. The molecule has 2 aromatic heterocycles. The first kappa shape index (κ1) is 35.4. The smallest absolute Gasteiger partial charge is 0.319 e. The van der Waals surface area contributed by atoms with Gasteiger partial charge >= 0.3 is 6.01 Å². The van der Waals surface area contributed by atoms with Crippen LogP contribution in [0.5, 0.6) is 11.9 Å². The van der Waals surface area contributed by atoms with Gasteiger partial charge in [0.25, 0.3) is 10.0 Å². The summed E-state index contributed by atoms with van der Waals surface area (Å²) in [5, 5.41) is 0.647. The molecule has 2 aliphatic rings. The highest BCUT2D eigenvalue weighted by Gasteiger charge is 2.33. The Kier molecular flexibility index (Phi) is 10.3. The normalized spacial score (nSPS) is 18.0. The number of piperazine rings is 1. The first-order chi connectivity index (χ1) is 24.5. The molecule has 1 N–H and O–H groups in total. The van der Waals surface area contributed by atoms with Gasteiger partial charge in [0.2, 0.25) is 18.3 Å². The number of carbonyl (C=O) groups is 1. The number of pyridine rings is 1. The van der Waals surface area contributed by atoms with Crippen molar-refractivity contribution in [2.75, 3.05) is 63.1 Å². The lowest BCUT2D eigenvalue weighted by Gasteiger charge is -2.39. The zero-order valence-corrected chi connectivity index (χ0v) is 28.9. The number of anilines is 2. The number of sulfonamides is 1. The van der Waals surface area contributed by atoms with E-state index in [1.807, 2.05) is 11.0 Å². The molecule has 0 unspecified atom stereocenters. The van der Waals surface area contributed by atoms with E-state index in [0.717, 1.165) is 31.5 Å². The van der Waals surface area contributed by atoms with Crippen LogP contribution in [-0.2, 0) is 14.8 Å². The van der Waals surface area contributed by atoms with E-state index in [9.17, 15) is 22.0 Å². The van der Waals surface area contributed by atoms with Gasteiger partial charge in [0, 0.05) is 48.9 Å². The number of halogens is 2. The van der Waals surface area contributed by atoms with E-state index in [4.69, 9.17) is 26.0 Å². The Bertz CT molecular complexity index is 2130. The molecule has 0 spiro atoms. The Balaban J connectivity index is 1.39. The number of nitrogens with zero attached hydrogens (tertiary/aromatic N) is 7. The van der Waals surface area contributed by atoms with Crippen molar-refractivity contribution in [3.8, 4) is 23.0 Å². The molecular weight excluding hydrogens is 682 g/mol. The van der Waals surface area contributed by atoms with E-state index in [1.165, 1.54) is 25.4 Å². The summed E-state index contributed by atoms with van der Waals surface area (Å²) in [6.07, 6.45) is 4.83. The highest BCUT2D eigenvalue weighted by molar-refractivity contribution is 7.92. The Morgan fingerprint density at radius 1 is 1.12 bits per heavy atom. The minimum atomic E-state index is -4.50. The summed E-state index contributed by atoms with van der Waals surface area (Å²) in [7, 11) is -1.13. The maximum Gasteiger partial charge on any atom is 0.319 e. The third-order valence-electron chi connectivity index (χ3n) is 9.08. The number of benzene rings is 2. The molecule has 0 radical (unpaired) electrons. The van der Waals surface area contributed by atoms with Gasteiger partial charge in [-0.15, -0.1) is 0 Å². The number of hydrogen-bond acceptors (Lipinski definition) is 10. The molecule has 13 nitrogen and oxygen atoms in total. The average Bonchev–Trinajstić information content (AvgIpc) is 3.53. The molecule has 0 bridgehead atoms. The highest BCUT2D eigenvalue weighted by atomic mass is 32.2. The van der Waals surface area contributed by atoms with Crippen LogP contribution in [-0.4, -0.2) is 105 Å². The van der Waals surface area contributed by atoms with Crippen molar-refractivity contribution in [1.29, 1.82) is 0 Å². The monoisotopic (exact) mass is 718 g/mol. The predicted octanol–water partition coefficient (Wildman–Crippen LogP) is 4.37. The summed E-state index contributed by atoms with van der Waals surface area (Å²) in [6.45, 7) is 13.7. The molecule has 2 aromatic carbocycles. The van der Waals surface area contributed by atoms with Crippen molar-refractivity contribution < 1.29 is 31.5 Å². The van der Waals surface area contributed by atoms with Crippen LogP contribution >= 0.6 is 0 Å². The summed E-state index contributed by atoms with van der Waals surface area (Å²) in [6, 6.07) is 9.12. The summed E-state index contributed by atoms with van der Waals surface area (Å²) in [5.74, 6) is -1.93. The molecule has 2 atom stereocenters. The number of ether oxygens (including phenoxy) is 2. The molecule has 6 rings (SSSR count). The van der Waals surface area contributed by atoms with E-state index in [1.54, 1.807) is 17.0 Å². The fraction of sp³-hybridized carbons (Fsp3) is 0.343. The average molecular weight is 719 g/mol. The molecule has 0 aliphatic carbocycles. The van der Waals surface area contributed by atoms with Gasteiger partial charge in [-0.25, -0.2) is 28.8 Å². The minimum absolute atomic E-state index is 0.0675. The predicted molar refractivity (Wildman–Crippen MR) is 187 cm³/mol. The highest BCUT2D eigenvalue weighted by Crippen LogP contribution is 2.35. The SMILES string of the molecule is [C-]#[N+]C[C@H]1CN(c2nc(OC[C@@H]3CCCN3C)nc3ccc(-c4cnc(OC)c(NS(=O)(=O)c5ccc(F)cc5F)c4)cc23)CCN1C(=O)C=C. The maximum atomic E-state index is 14.5. The second-order valence-electron chi connectivity index (χ2n) is 12.3. The lowest BCUT2D eigenvalue weighted by Crippen LogP contribution is -2.56. The Morgan fingerprint density at radius 3 is 2.65 bits per heavy atom. The third kappa shape index (κ3) is 7.54. The van der Waals surface area contributed by atoms with Gasteiger partial charge in [-0.2, -0.15) is 9.97 Å². The Labute approximate surface area is 294 Å². The molecule has 2 aliphatic heterocycles. The van der Waals surface area contributed by atoms with Crippen LogP contribution in [0.15, 0.2) is 66.2 Å². The summed E-state index contributed by atoms with van der Waals surface area (Å²) in [4.78, 5) is 35.2. The van der Waals surface area contributed by atoms with Crippen LogP contribution in [0.25, 0.3) is 26.9 Å². The van der Waals surface area contributed by atoms with E-state index in [0.29, 0.717) is 60.2 Å².